The maximum absolute atomic E-state index is 13.9. The molecule has 178 valence electrons. The summed E-state index contributed by atoms with van der Waals surface area (Å²) in [5.74, 6) is -2.08. The summed E-state index contributed by atoms with van der Waals surface area (Å²) in [6.07, 6.45) is 0.259. The lowest BCUT2D eigenvalue weighted by Gasteiger charge is -2.35. The normalized spacial score (nSPS) is 16.0. The fourth-order valence-corrected chi connectivity index (χ4v) is 6.85. The summed E-state index contributed by atoms with van der Waals surface area (Å²) in [5, 5.41) is 4.03. The number of amides is 1. The van der Waals surface area contributed by atoms with Crippen LogP contribution in [0.15, 0.2) is 68.7 Å². The van der Waals surface area contributed by atoms with Gasteiger partial charge < -0.3 is 10.1 Å². The van der Waals surface area contributed by atoms with Crippen LogP contribution >= 0.6 is 27.3 Å². The monoisotopic (exact) mass is 566 g/mol. The van der Waals surface area contributed by atoms with Gasteiger partial charge in [0, 0.05) is 11.0 Å². The molecule has 1 atom stereocenters. The SMILES string of the molecule is O=C(COC(=O)CC1c2ccccc2CCN1S(=O)(=O)c1cccs1)Nc1ccc(Br)cc1F. The minimum Gasteiger partial charge on any atom is -0.456 e. The van der Waals surface area contributed by atoms with Gasteiger partial charge in [0.25, 0.3) is 15.9 Å². The van der Waals surface area contributed by atoms with E-state index in [-0.39, 0.29) is 22.9 Å². The van der Waals surface area contributed by atoms with E-state index in [1.165, 1.54) is 22.5 Å². The number of fused-ring (bicyclic) bond motifs is 1. The lowest BCUT2D eigenvalue weighted by Crippen LogP contribution is -2.41. The molecule has 11 heteroatoms. The number of halogens is 2. The van der Waals surface area contributed by atoms with E-state index >= 15 is 0 Å². The van der Waals surface area contributed by atoms with Gasteiger partial charge in [-0.25, -0.2) is 12.8 Å². The second-order valence-corrected chi connectivity index (χ2v) is 11.5. The Kier molecular flexibility index (Phi) is 7.46. The molecule has 2 aromatic carbocycles. The average Bonchev–Trinajstić information content (AvgIpc) is 3.36. The molecule has 0 bridgehead atoms. The highest BCUT2D eigenvalue weighted by atomic mass is 79.9. The maximum atomic E-state index is 13.9. The third-order valence-corrected chi connectivity index (χ3v) is 9.13. The van der Waals surface area contributed by atoms with Crippen LogP contribution in [0.25, 0.3) is 0 Å². The van der Waals surface area contributed by atoms with Gasteiger partial charge in [-0.15, -0.1) is 11.3 Å². The van der Waals surface area contributed by atoms with Crippen LogP contribution in [0.2, 0.25) is 0 Å². The van der Waals surface area contributed by atoms with Crippen LogP contribution in [-0.2, 0) is 30.8 Å². The molecule has 0 saturated carbocycles. The van der Waals surface area contributed by atoms with Crippen molar-refractivity contribution in [3.05, 3.63) is 81.4 Å². The number of hydrogen-bond donors (Lipinski definition) is 1. The molecule has 7 nitrogen and oxygen atoms in total. The van der Waals surface area contributed by atoms with Crippen LogP contribution in [0.1, 0.15) is 23.6 Å². The predicted molar refractivity (Wildman–Crippen MR) is 129 cm³/mol. The Morgan fingerprint density at radius 1 is 1.18 bits per heavy atom. The summed E-state index contributed by atoms with van der Waals surface area (Å²) in [5.41, 5.74) is 1.65. The van der Waals surface area contributed by atoms with E-state index in [4.69, 9.17) is 4.74 Å². The van der Waals surface area contributed by atoms with E-state index in [9.17, 15) is 22.4 Å². The van der Waals surface area contributed by atoms with Crippen molar-refractivity contribution in [3.8, 4) is 0 Å². The minimum absolute atomic E-state index is 0.0429. The van der Waals surface area contributed by atoms with Gasteiger partial charge in [-0.05, 0) is 47.2 Å². The summed E-state index contributed by atoms with van der Waals surface area (Å²) in [7, 11) is -3.82. The first kappa shape index (κ1) is 24.5. The van der Waals surface area contributed by atoms with Gasteiger partial charge in [-0.3, -0.25) is 9.59 Å². The first-order chi connectivity index (χ1) is 16.3. The number of esters is 1. The number of anilines is 1. The average molecular weight is 567 g/mol. The second kappa shape index (κ2) is 10.3. The van der Waals surface area contributed by atoms with Crippen molar-refractivity contribution in [3.63, 3.8) is 0 Å². The molecule has 1 aromatic heterocycles. The number of benzene rings is 2. The zero-order valence-corrected chi connectivity index (χ0v) is 21.0. The fourth-order valence-electron chi connectivity index (χ4n) is 3.79. The number of carbonyl (C=O) groups excluding carboxylic acids is 2. The lowest BCUT2D eigenvalue weighted by atomic mass is 9.92. The lowest BCUT2D eigenvalue weighted by molar-refractivity contribution is -0.148. The molecule has 34 heavy (non-hydrogen) atoms. The summed E-state index contributed by atoms with van der Waals surface area (Å²) in [6, 6.07) is 13.9. The summed E-state index contributed by atoms with van der Waals surface area (Å²) < 4.78 is 47.6. The molecule has 1 unspecified atom stereocenters. The fraction of sp³-hybridized carbons (Fsp3) is 0.217. The molecule has 0 fully saturated rings. The quantitative estimate of drug-likeness (QED) is 0.425. The highest BCUT2D eigenvalue weighted by molar-refractivity contribution is 9.10. The van der Waals surface area contributed by atoms with E-state index < -0.39 is 40.4 Å². The van der Waals surface area contributed by atoms with E-state index in [2.05, 4.69) is 21.2 Å². The van der Waals surface area contributed by atoms with Gasteiger partial charge in [-0.2, -0.15) is 4.31 Å². The topological polar surface area (TPSA) is 92.8 Å². The molecule has 1 amide bonds. The number of sulfonamides is 1. The second-order valence-electron chi connectivity index (χ2n) is 7.55. The number of hydrogen-bond acceptors (Lipinski definition) is 6. The first-order valence-corrected chi connectivity index (χ1v) is 13.4. The van der Waals surface area contributed by atoms with Crippen LogP contribution in [0.3, 0.4) is 0 Å². The minimum atomic E-state index is -3.82. The molecule has 0 saturated heterocycles. The van der Waals surface area contributed by atoms with Gasteiger partial charge in [-0.1, -0.05) is 46.3 Å². The third-order valence-electron chi connectivity index (χ3n) is 5.35. The molecule has 0 aliphatic carbocycles. The molecule has 2 heterocycles. The van der Waals surface area contributed by atoms with Gasteiger partial charge >= 0.3 is 5.97 Å². The van der Waals surface area contributed by atoms with Crippen molar-refractivity contribution >= 4 is 54.9 Å². The summed E-state index contributed by atoms with van der Waals surface area (Å²) in [6.45, 7) is -0.404. The molecule has 1 N–H and O–H groups in total. The van der Waals surface area contributed by atoms with E-state index in [1.807, 2.05) is 12.1 Å². The van der Waals surface area contributed by atoms with Crippen molar-refractivity contribution < 1.29 is 27.1 Å². The van der Waals surface area contributed by atoms with Crippen molar-refractivity contribution in [2.24, 2.45) is 0 Å². The molecule has 0 spiro atoms. The Labute approximate surface area is 208 Å². The number of nitrogens with zero attached hydrogens (tertiary/aromatic N) is 1. The standard InChI is InChI=1S/C23H20BrFN2O5S2/c24-16-7-8-19(18(25)12-16)26-21(28)14-32-22(29)13-20-17-5-2-1-4-15(17)9-10-27(20)34(30,31)23-6-3-11-33-23/h1-8,11-12,20H,9-10,13-14H2,(H,26,28). The largest absolute Gasteiger partial charge is 0.456 e. The number of rotatable bonds is 7. The highest BCUT2D eigenvalue weighted by Crippen LogP contribution is 2.37. The zero-order valence-electron chi connectivity index (χ0n) is 17.7. The molecule has 3 aromatic rings. The van der Waals surface area contributed by atoms with Crippen molar-refractivity contribution in [2.45, 2.75) is 23.1 Å². The third kappa shape index (κ3) is 5.38. The highest BCUT2D eigenvalue weighted by Gasteiger charge is 2.38. The number of thiophene rings is 1. The van der Waals surface area contributed by atoms with E-state index in [0.29, 0.717) is 10.9 Å². The van der Waals surface area contributed by atoms with E-state index in [1.54, 1.807) is 29.6 Å². The zero-order chi connectivity index (χ0) is 24.3. The molecule has 1 aliphatic heterocycles. The smallest absolute Gasteiger partial charge is 0.308 e. The molecule has 4 rings (SSSR count). The van der Waals surface area contributed by atoms with Crippen molar-refractivity contribution in [2.75, 3.05) is 18.5 Å². The Hall–Kier alpha value is -2.60. The van der Waals surface area contributed by atoms with E-state index in [0.717, 1.165) is 22.5 Å². The molecule has 1 aliphatic rings. The van der Waals surface area contributed by atoms with Crippen LogP contribution in [-0.4, -0.2) is 37.8 Å². The molecular formula is C23H20BrFN2O5S2. The van der Waals surface area contributed by atoms with Crippen molar-refractivity contribution in [1.29, 1.82) is 0 Å². The molecule has 0 radical (unpaired) electrons. The Morgan fingerprint density at radius 3 is 2.71 bits per heavy atom. The predicted octanol–water partition coefficient (Wildman–Crippen LogP) is 4.51. The van der Waals surface area contributed by atoms with Crippen LogP contribution in [0, 0.1) is 5.82 Å². The van der Waals surface area contributed by atoms with Crippen LogP contribution in [0.4, 0.5) is 10.1 Å². The maximum Gasteiger partial charge on any atom is 0.308 e. The van der Waals surface area contributed by atoms with Crippen LogP contribution < -0.4 is 5.32 Å². The summed E-state index contributed by atoms with van der Waals surface area (Å²) >= 11 is 4.24. The first-order valence-electron chi connectivity index (χ1n) is 10.3. The Balaban J connectivity index is 1.47. The van der Waals surface area contributed by atoms with Gasteiger partial charge in [0.05, 0.1) is 18.2 Å². The summed E-state index contributed by atoms with van der Waals surface area (Å²) in [4.78, 5) is 24.8. The Bertz CT molecular complexity index is 1310. The van der Waals surface area contributed by atoms with Crippen LogP contribution in [0.5, 0.6) is 0 Å². The number of ether oxygens (including phenoxy) is 1. The Morgan fingerprint density at radius 2 is 1.97 bits per heavy atom. The van der Waals surface area contributed by atoms with Gasteiger partial charge in [0.2, 0.25) is 0 Å². The molecular weight excluding hydrogens is 547 g/mol. The number of carbonyl (C=O) groups is 2. The van der Waals surface area contributed by atoms with Gasteiger partial charge in [0.15, 0.2) is 6.61 Å². The van der Waals surface area contributed by atoms with Crippen molar-refractivity contribution in [1.82, 2.24) is 4.31 Å². The number of nitrogens with one attached hydrogen (secondary N) is 1. The van der Waals surface area contributed by atoms with Gasteiger partial charge in [0.1, 0.15) is 10.0 Å².